The van der Waals surface area contributed by atoms with E-state index < -0.39 is 12.1 Å². The highest BCUT2D eigenvalue weighted by molar-refractivity contribution is 5.98. The molecule has 4 amide bonds. The summed E-state index contributed by atoms with van der Waals surface area (Å²) in [6.07, 6.45) is 2.81. The Bertz CT molecular complexity index is 1840. The fourth-order valence-corrected chi connectivity index (χ4v) is 6.91. The first-order chi connectivity index (χ1) is 26.1. The Morgan fingerprint density at radius 1 is 0.907 bits per heavy atom. The number of hydrogen-bond acceptors (Lipinski definition) is 8. The lowest BCUT2D eigenvalue weighted by Gasteiger charge is -2.29. The second-order valence-corrected chi connectivity index (χ2v) is 13.8. The van der Waals surface area contributed by atoms with E-state index in [4.69, 9.17) is 5.11 Å². The molecule has 1 atom stereocenters. The summed E-state index contributed by atoms with van der Waals surface area (Å²) in [5, 5.41) is 34.4. The summed E-state index contributed by atoms with van der Waals surface area (Å²) in [6.45, 7) is 10.2. The Hall–Kier alpha value is -5.63. The third kappa shape index (κ3) is 11.2. The van der Waals surface area contributed by atoms with Crippen LogP contribution in [0.15, 0.2) is 66.7 Å². The SMILES string of the molecule is CCN(CC)CCCNC(=O)c1ccc(-c2ccc(C[C@H](NC(=O)C3CCC(CNC(=O)O)CC3)C(=O)Nc3ccc(-c4nn[nH]n4)cc3)cc2)c(C)c1. The second-order valence-electron chi connectivity index (χ2n) is 13.8. The van der Waals surface area contributed by atoms with E-state index >= 15 is 0 Å². The number of amides is 4. The highest BCUT2D eigenvalue weighted by Gasteiger charge is 2.30. The minimum Gasteiger partial charge on any atom is -0.465 e. The van der Waals surface area contributed by atoms with Crippen molar-refractivity contribution >= 4 is 29.5 Å². The molecule has 1 heterocycles. The van der Waals surface area contributed by atoms with Crippen LogP contribution in [0.25, 0.3) is 22.5 Å². The van der Waals surface area contributed by atoms with Gasteiger partial charge in [-0.3, -0.25) is 14.4 Å². The van der Waals surface area contributed by atoms with Crippen molar-refractivity contribution in [1.82, 2.24) is 41.5 Å². The van der Waals surface area contributed by atoms with Gasteiger partial charge in [-0.15, -0.1) is 10.2 Å². The van der Waals surface area contributed by atoms with Crippen molar-refractivity contribution in [2.75, 3.05) is 38.0 Å². The molecular formula is C40H51N9O5. The average molecular weight is 738 g/mol. The van der Waals surface area contributed by atoms with Gasteiger partial charge in [-0.05, 0) is 128 Å². The number of aromatic nitrogens is 4. The van der Waals surface area contributed by atoms with Crippen LogP contribution in [0, 0.1) is 18.8 Å². The third-order valence-electron chi connectivity index (χ3n) is 10.2. The predicted molar refractivity (Wildman–Crippen MR) is 207 cm³/mol. The Kier molecular flexibility index (Phi) is 14.3. The number of hydrogen-bond donors (Lipinski definition) is 6. The van der Waals surface area contributed by atoms with Gasteiger partial charge in [0.25, 0.3) is 5.91 Å². The van der Waals surface area contributed by atoms with Gasteiger partial charge in [0.2, 0.25) is 17.6 Å². The van der Waals surface area contributed by atoms with Crippen molar-refractivity contribution in [3.05, 3.63) is 83.4 Å². The second kappa shape index (κ2) is 19.4. The lowest BCUT2D eigenvalue weighted by Crippen LogP contribution is -2.48. The van der Waals surface area contributed by atoms with Gasteiger partial charge in [-0.1, -0.05) is 44.2 Å². The van der Waals surface area contributed by atoms with Crippen molar-refractivity contribution in [3.8, 4) is 22.5 Å². The molecule has 0 saturated heterocycles. The van der Waals surface area contributed by atoms with Crippen LogP contribution in [0.4, 0.5) is 10.5 Å². The molecule has 0 bridgehead atoms. The number of nitrogens with one attached hydrogen (secondary N) is 5. The molecule has 0 spiro atoms. The maximum absolute atomic E-state index is 13.7. The molecule has 6 N–H and O–H groups in total. The first-order valence-corrected chi connectivity index (χ1v) is 18.8. The minimum absolute atomic E-state index is 0.0860. The first-order valence-electron chi connectivity index (χ1n) is 18.8. The van der Waals surface area contributed by atoms with Crippen molar-refractivity contribution in [2.24, 2.45) is 11.8 Å². The van der Waals surface area contributed by atoms with Crippen LogP contribution in [0.2, 0.25) is 0 Å². The van der Waals surface area contributed by atoms with Crippen LogP contribution in [0.5, 0.6) is 0 Å². The lowest BCUT2D eigenvalue weighted by atomic mass is 9.81. The third-order valence-corrected chi connectivity index (χ3v) is 10.2. The summed E-state index contributed by atoms with van der Waals surface area (Å²) in [4.78, 5) is 53.4. The zero-order chi connectivity index (χ0) is 38.5. The number of tetrazole rings is 1. The topological polar surface area (TPSA) is 194 Å². The monoisotopic (exact) mass is 737 g/mol. The van der Waals surface area contributed by atoms with Gasteiger partial charge in [0.1, 0.15) is 6.04 Å². The lowest BCUT2D eigenvalue weighted by molar-refractivity contribution is -0.130. The van der Waals surface area contributed by atoms with Gasteiger partial charge in [-0.2, -0.15) is 5.21 Å². The molecule has 4 aromatic rings. The average Bonchev–Trinajstić information content (AvgIpc) is 3.73. The standard InChI is InChI=1S/C40H51N9O5/c1-4-49(5-2)22-6-21-41-37(50)32-17-20-34(26(3)23-32)29-11-7-27(8-12-29)24-35(44-38(51)31-13-9-28(10-14-31)25-42-40(53)54)39(52)43-33-18-15-30(16-19-33)36-45-47-48-46-36/h7-8,11-12,15-20,23,28,31,35,42H,4-6,9-10,13-14,21-22,24-25H2,1-3H3,(H,41,50)(H,43,52)(H,44,51)(H,53,54)(H,45,46,47,48)/t28?,31?,35-/m0/s1. The minimum atomic E-state index is -1.05. The summed E-state index contributed by atoms with van der Waals surface area (Å²) in [5.41, 5.74) is 5.73. The number of anilines is 1. The normalized spacial score (nSPS) is 16.0. The van der Waals surface area contributed by atoms with E-state index in [1.807, 2.05) is 49.4 Å². The maximum atomic E-state index is 13.7. The highest BCUT2D eigenvalue weighted by atomic mass is 16.4. The molecule has 286 valence electrons. The van der Waals surface area contributed by atoms with Crippen LogP contribution < -0.4 is 21.3 Å². The number of nitrogens with zero attached hydrogens (tertiary/aromatic N) is 4. The molecule has 14 heteroatoms. The molecular weight excluding hydrogens is 686 g/mol. The molecule has 54 heavy (non-hydrogen) atoms. The Morgan fingerprint density at radius 3 is 2.24 bits per heavy atom. The largest absolute Gasteiger partial charge is 0.465 e. The van der Waals surface area contributed by atoms with Crippen LogP contribution >= 0.6 is 0 Å². The summed E-state index contributed by atoms with van der Waals surface area (Å²) in [7, 11) is 0. The molecule has 0 radical (unpaired) electrons. The van der Waals surface area contributed by atoms with Crippen molar-refractivity contribution in [2.45, 2.75) is 65.3 Å². The summed E-state index contributed by atoms with van der Waals surface area (Å²) in [6, 6.07) is 19.8. The van der Waals surface area contributed by atoms with Crippen LogP contribution in [-0.4, -0.2) is 93.2 Å². The van der Waals surface area contributed by atoms with Gasteiger partial charge in [0.15, 0.2) is 0 Å². The van der Waals surface area contributed by atoms with Crippen LogP contribution in [-0.2, 0) is 16.0 Å². The number of aryl methyl sites for hydroxylation is 1. The van der Waals surface area contributed by atoms with Crippen molar-refractivity contribution in [1.29, 1.82) is 0 Å². The predicted octanol–water partition coefficient (Wildman–Crippen LogP) is 5.04. The molecule has 1 fully saturated rings. The van der Waals surface area contributed by atoms with E-state index in [-0.39, 0.29) is 36.0 Å². The number of aromatic amines is 1. The Labute approximate surface area is 315 Å². The fraction of sp³-hybridized carbons (Fsp3) is 0.425. The molecule has 14 nitrogen and oxygen atoms in total. The maximum Gasteiger partial charge on any atom is 0.404 e. The van der Waals surface area contributed by atoms with Gasteiger partial charge in [-0.25, -0.2) is 4.79 Å². The molecule has 1 aliphatic carbocycles. The Balaban J connectivity index is 1.24. The van der Waals surface area contributed by atoms with Gasteiger partial charge < -0.3 is 31.3 Å². The quantitative estimate of drug-likeness (QED) is 0.0805. The number of rotatable bonds is 17. The van der Waals surface area contributed by atoms with Gasteiger partial charge in [0.05, 0.1) is 0 Å². The van der Waals surface area contributed by atoms with E-state index in [0.29, 0.717) is 43.0 Å². The molecule has 1 aliphatic rings. The molecule has 1 aromatic heterocycles. The molecule has 5 rings (SSSR count). The number of carbonyl (C=O) groups excluding carboxylic acids is 3. The first kappa shape index (κ1) is 39.6. The summed E-state index contributed by atoms with van der Waals surface area (Å²) in [5.74, 6) is -0.272. The summed E-state index contributed by atoms with van der Waals surface area (Å²) < 4.78 is 0. The van der Waals surface area contributed by atoms with Gasteiger partial charge >= 0.3 is 6.09 Å². The number of benzene rings is 3. The zero-order valence-electron chi connectivity index (χ0n) is 31.2. The number of carboxylic acid groups (broad SMARTS) is 1. The van der Waals surface area contributed by atoms with E-state index in [1.165, 1.54) is 0 Å². The number of carbonyl (C=O) groups is 4. The van der Waals surface area contributed by atoms with Gasteiger partial charge in [0, 0.05) is 42.2 Å². The zero-order valence-corrected chi connectivity index (χ0v) is 31.2. The van der Waals surface area contributed by atoms with Crippen LogP contribution in [0.3, 0.4) is 0 Å². The molecule has 3 aromatic carbocycles. The molecule has 0 unspecified atom stereocenters. The highest BCUT2D eigenvalue weighted by Crippen LogP contribution is 2.29. The van der Waals surface area contributed by atoms with E-state index in [0.717, 1.165) is 66.7 Å². The van der Waals surface area contributed by atoms with E-state index in [1.54, 1.807) is 24.3 Å². The van der Waals surface area contributed by atoms with E-state index in [9.17, 15) is 19.2 Å². The van der Waals surface area contributed by atoms with Crippen molar-refractivity contribution in [3.63, 3.8) is 0 Å². The van der Waals surface area contributed by atoms with E-state index in [2.05, 4.69) is 60.6 Å². The summed E-state index contributed by atoms with van der Waals surface area (Å²) >= 11 is 0. The number of H-pyrrole nitrogens is 1. The van der Waals surface area contributed by atoms with Crippen molar-refractivity contribution < 1.29 is 24.3 Å². The molecule has 1 saturated carbocycles. The smallest absolute Gasteiger partial charge is 0.404 e. The van der Waals surface area contributed by atoms with Crippen LogP contribution in [0.1, 0.15) is 67.4 Å². The Morgan fingerprint density at radius 2 is 1.61 bits per heavy atom. The fourth-order valence-electron chi connectivity index (χ4n) is 6.91. The molecule has 0 aliphatic heterocycles.